The molecule has 132 valence electrons. The molecule has 1 aromatic carbocycles. The van der Waals surface area contributed by atoms with Gasteiger partial charge in [-0.1, -0.05) is 65.0 Å². The SMILES string of the molecule is CC(C)c1cc(C(C)C)c(S(=O)(=O)Nc2nncs2)c(C(C)C)c1. The number of benzene rings is 1. The number of nitrogens with zero attached hydrogens (tertiary/aromatic N) is 2. The van der Waals surface area contributed by atoms with Crippen LogP contribution in [0.3, 0.4) is 0 Å². The van der Waals surface area contributed by atoms with Crippen LogP contribution in [-0.2, 0) is 10.0 Å². The maximum absolute atomic E-state index is 13.1. The molecule has 0 bridgehead atoms. The molecule has 0 aliphatic carbocycles. The van der Waals surface area contributed by atoms with Crippen molar-refractivity contribution in [1.82, 2.24) is 10.2 Å². The molecule has 0 saturated carbocycles. The van der Waals surface area contributed by atoms with Crippen molar-refractivity contribution in [2.45, 2.75) is 64.2 Å². The highest BCUT2D eigenvalue weighted by molar-refractivity contribution is 7.93. The van der Waals surface area contributed by atoms with Gasteiger partial charge in [0, 0.05) is 0 Å². The third-order valence-electron chi connectivity index (χ3n) is 3.93. The van der Waals surface area contributed by atoms with Gasteiger partial charge in [-0.25, -0.2) is 8.42 Å². The van der Waals surface area contributed by atoms with Crippen molar-refractivity contribution in [3.05, 3.63) is 34.3 Å². The van der Waals surface area contributed by atoms with E-state index in [0.717, 1.165) is 16.7 Å². The number of sulfonamides is 1. The van der Waals surface area contributed by atoms with Crippen LogP contribution in [-0.4, -0.2) is 18.6 Å². The van der Waals surface area contributed by atoms with Crippen LogP contribution >= 0.6 is 11.3 Å². The molecular weight excluding hydrogens is 342 g/mol. The summed E-state index contributed by atoms with van der Waals surface area (Å²) in [5.74, 6) is 0.539. The van der Waals surface area contributed by atoms with E-state index in [1.165, 1.54) is 16.8 Å². The number of aromatic nitrogens is 2. The van der Waals surface area contributed by atoms with Crippen LogP contribution in [0.4, 0.5) is 5.13 Å². The van der Waals surface area contributed by atoms with E-state index in [2.05, 4.69) is 28.8 Å². The molecule has 0 aliphatic rings. The van der Waals surface area contributed by atoms with Gasteiger partial charge in [0.15, 0.2) is 0 Å². The Balaban J connectivity index is 2.70. The van der Waals surface area contributed by atoms with Crippen molar-refractivity contribution in [3.63, 3.8) is 0 Å². The van der Waals surface area contributed by atoms with Crippen LogP contribution in [0.2, 0.25) is 0 Å². The van der Waals surface area contributed by atoms with Gasteiger partial charge in [0.25, 0.3) is 10.0 Å². The molecule has 0 fully saturated rings. The van der Waals surface area contributed by atoms with Gasteiger partial charge < -0.3 is 0 Å². The Bertz CT molecular complexity index is 766. The Morgan fingerprint density at radius 3 is 1.88 bits per heavy atom. The van der Waals surface area contributed by atoms with E-state index < -0.39 is 10.0 Å². The Labute approximate surface area is 148 Å². The predicted octanol–water partition coefficient (Wildman–Crippen LogP) is 4.71. The highest BCUT2D eigenvalue weighted by Gasteiger charge is 2.27. The van der Waals surface area contributed by atoms with Crippen LogP contribution in [0.15, 0.2) is 22.5 Å². The second-order valence-electron chi connectivity index (χ2n) is 6.84. The molecule has 7 heteroatoms. The highest BCUT2D eigenvalue weighted by atomic mass is 32.2. The van der Waals surface area contributed by atoms with E-state index in [-0.39, 0.29) is 17.0 Å². The van der Waals surface area contributed by atoms with Gasteiger partial charge >= 0.3 is 0 Å². The molecule has 0 amide bonds. The summed E-state index contributed by atoms with van der Waals surface area (Å²) in [6, 6.07) is 4.05. The average Bonchev–Trinajstić information content (AvgIpc) is 2.97. The maximum atomic E-state index is 13.1. The first kappa shape index (κ1) is 18.9. The van der Waals surface area contributed by atoms with Crippen LogP contribution < -0.4 is 4.72 Å². The quantitative estimate of drug-likeness (QED) is 0.802. The number of hydrogen-bond acceptors (Lipinski definition) is 5. The van der Waals surface area contributed by atoms with Crippen molar-refractivity contribution < 1.29 is 8.42 Å². The fourth-order valence-corrected chi connectivity index (χ4v) is 4.98. The smallest absolute Gasteiger partial charge is 0.253 e. The number of anilines is 1. The zero-order valence-corrected chi connectivity index (χ0v) is 16.6. The lowest BCUT2D eigenvalue weighted by Gasteiger charge is -2.22. The molecule has 0 atom stereocenters. The summed E-state index contributed by atoms with van der Waals surface area (Å²) in [5.41, 5.74) is 4.37. The third kappa shape index (κ3) is 3.95. The monoisotopic (exact) mass is 367 g/mol. The lowest BCUT2D eigenvalue weighted by molar-refractivity contribution is 0.595. The first-order valence-corrected chi connectivity index (χ1v) is 10.5. The summed E-state index contributed by atoms with van der Waals surface area (Å²) in [4.78, 5) is 0.382. The molecule has 0 radical (unpaired) electrons. The lowest BCUT2D eigenvalue weighted by Crippen LogP contribution is -2.19. The lowest BCUT2D eigenvalue weighted by atomic mass is 9.89. The molecule has 2 aromatic rings. The summed E-state index contributed by atoms with van der Waals surface area (Å²) in [6.45, 7) is 12.3. The first-order chi connectivity index (χ1) is 11.1. The van der Waals surface area contributed by atoms with E-state index in [0.29, 0.717) is 10.8 Å². The van der Waals surface area contributed by atoms with Gasteiger partial charge in [0.1, 0.15) is 5.51 Å². The van der Waals surface area contributed by atoms with Crippen molar-refractivity contribution in [2.24, 2.45) is 0 Å². The summed E-state index contributed by atoms with van der Waals surface area (Å²) < 4.78 is 28.7. The molecule has 0 unspecified atom stereocenters. The topological polar surface area (TPSA) is 72.0 Å². The minimum absolute atomic E-state index is 0.0993. The van der Waals surface area contributed by atoms with Crippen molar-refractivity contribution in [1.29, 1.82) is 0 Å². The summed E-state index contributed by atoms with van der Waals surface area (Å²) in [5, 5.41) is 7.78. The van der Waals surface area contributed by atoms with Gasteiger partial charge in [-0.2, -0.15) is 0 Å². The summed E-state index contributed by atoms with van der Waals surface area (Å²) in [6.07, 6.45) is 0. The normalized spacial score (nSPS) is 12.4. The minimum Gasteiger partial charge on any atom is -0.253 e. The largest absolute Gasteiger partial charge is 0.264 e. The zero-order chi connectivity index (χ0) is 18.1. The number of nitrogens with one attached hydrogen (secondary N) is 1. The minimum atomic E-state index is -3.72. The molecule has 24 heavy (non-hydrogen) atoms. The third-order valence-corrected chi connectivity index (χ3v) is 6.14. The Kier molecular flexibility index (Phi) is 5.65. The van der Waals surface area contributed by atoms with Gasteiger partial charge in [-0.3, -0.25) is 4.72 Å². The zero-order valence-electron chi connectivity index (χ0n) is 15.0. The number of hydrogen-bond donors (Lipinski definition) is 1. The van der Waals surface area contributed by atoms with Crippen LogP contribution in [0.5, 0.6) is 0 Å². The van der Waals surface area contributed by atoms with Crippen molar-refractivity contribution in [2.75, 3.05) is 4.72 Å². The van der Waals surface area contributed by atoms with Crippen LogP contribution in [0, 0.1) is 0 Å². The fraction of sp³-hybridized carbons (Fsp3) is 0.529. The molecule has 0 saturated heterocycles. The van der Waals surface area contributed by atoms with Gasteiger partial charge in [-0.05, 0) is 34.4 Å². The standard InChI is InChI=1S/C17H25N3O2S2/c1-10(2)13-7-14(11(3)4)16(15(8-13)12(5)6)24(21,22)20-17-19-18-9-23-17/h7-12H,1-6H3,(H,19,20). The van der Waals surface area contributed by atoms with E-state index in [4.69, 9.17) is 0 Å². The van der Waals surface area contributed by atoms with Crippen LogP contribution in [0.1, 0.15) is 76.0 Å². The van der Waals surface area contributed by atoms with Crippen molar-refractivity contribution >= 4 is 26.5 Å². The maximum Gasteiger partial charge on any atom is 0.264 e. The molecular formula is C17H25N3O2S2. The molecule has 5 nitrogen and oxygen atoms in total. The van der Waals surface area contributed by atoms with E-state index in [1.54, 1.807) is 0 Å². The van der Waals surface area contributed by atoms with Gasteiger partial charge in [-0.15, -0.1) is 10.2 Å². The van der Waals surface area contributed by atoms with Crippen molar-refractivity contribution in [3.8, 4) is 0 Å². The summed E-state index contributed by atoms with van der Waals surface area (Å²) >= 11 is 1.17. The molecule has 1 heterocycles. The van der Waals surface area contributed by atoms with E-state index in [9.17, 15) is 8.42 Å². The first-order valence-electron chi connectivity index (χ1n) is 8.10. The molecule has 0 aliphatic heterocycles. The number of rotatable bonds is 6. The second-order valence-corrected chi connectivity index (χ2v) is 9.29. The van der Waals surface area contributed by atoms with E-state index in [1.807, 2.05) is 39.8 Å². The summed E-state index contributed by atoms with van der Waals surface area (Å²) in [7, 11) is -3.72. The van der Waals surface area contributed by atoms with Gasteiger partial charge in [0.05, 0.1) is 4.90 Å². The molecule has 0 spiro atoms. The van der Waals surface area contributed by atoms with Crippen LogP contribution in [0.25, 0.3) is 0 Å². The predicted molar refractivity (Wildman–Crippen MR) is 99.4 cm³/mol. The molecule has 1 N–H and O–H groups in total. The second kappa shape index (κ2) is 7.19. The van der Waals surface area contributed by atoms with Gasteiger partial charge in [0.2, 0.25) is 5.13 Å². The molecule has 1 aromatic heterocycles. The Hall–Kier alpha value is -1.47. The Morgan fingerprint density at radius 1 is 0.958 bits per heavy atom. The fourth-order valence-electron chi connectivity index (χ4n) is 2.58. The highest BCUT2D eigenvalue weighted by Crippen LogP contribution is 2.35. The molecule has 2 rings (SSSR count). The average molecular weight is 368 g/mol. The Morgan fingerprint density at radius 2 is 1.50 bits per heavy atom. The van der Waals surface area contributed by atoms with E-state index >= 15 is 0 Å².